The van der Waals surface area contributed by atoms with Crippen LogP contribution in [-0.4, -0.2) is 39.0 Å². The van der Waals surface area contributed by atoms with E-state index in [1.807, 2.05) is 24.8 Å². The van der Waals surface area contributed by atoms with Crippen LogP contribution in [0.3, 0.4) is 0 Å². The molecule has 2 rings (SSSR count). The highest BCUT2D eigenvalue weighted by Gasteiger charge is 2.28. The Balaban J connectivity index is 2.07. The van der Waals surface area contributed by atoms with Gasteiger partial charge in [0.2, 0.25) is 0 Å². The lowest BCUT2D eigenvalue weighted by Gasteiger charge is -2.16. The van der Waals surface area contributed by atoms with Gasteiger partial charge in [-0.05, 0) is 38.7 Å². The fraction of sp³-hybridized carbons (Fsp3) is 0.692. The summed E-state index contributed by atoms with van der Waals surface area (Å²) in [7, 11) is 0. The second kappa shape index (κ2) is 5.87. The Labute approximate surface area is 116 Å². The summed E-state index contributed by atoms with van der Waals surface area (Å²) < 4.78 is 1.80. The highest BCUT2D eigenvalue weighted by Crippen LogP contribution is 2.22. The number of hydrogen-bond acceptors (Lipinski definition) is 2. The van der Waals surface area contributed by atoms with Crippen molar-refractivity contribution in [2.75, 3.05) is 18.4 Å². The molecule has 1 aliphatic heterocycles. The molecule has 0 spiro atoms. The van der Waals surface area contributed by atoms with E-state index in [1.54, 1.807) is 4.68 Å². The van der Waals surface area contributed by atoms with Gasteiger partial charge in [0.1, 0.15) is 5.69 Å². The fourth-order valence-electron chi connectivity index (χ4n) is 2.53. The van der Waals surface area contributed by atoms with Crippen LogP contribution in [0, 0.1) is 12.8 Å². The van der Waals surface area contributed by atoms with Crippen LogP contribution in [0.2, 0.25) is 0 Å². The van der Waals surface area contributed by atoms with Gasteiger partial charge in [0.25, 0.3) is 5.91 Å². The molecule has 1 fully saturated rings. The second-order valence-corrected chi connectivity index (χ2v) is 5.66. The Morgan fingerprint density at radius 1 is 1.61 bits per heavy atom. The molecule has 0 aliphatic carbocycles. The maximum atomic E-state index is 12.4. The minimum absolute atomic E-state index is 0.134. The lowest BCUT2D eigenvalue weighted by molar-refractivity contribution is 0.0774. The van der Waals surface area contributed by atoms with E-state index in [4.69, 9.17) is 0 Å². The zero-order chi connectivity index (χ0) is 13.1. The van der Waals surface area contributed by atoms with Crippen molar-refractivity contribution >= 4 is 21.8 Å². The molecule has 100 valence electrons. The Morgan fingerprint density at radius 3 is 3.06 bits per heavy atom. The van der Waals surface area contributed by atoms with Gasteiger partial charge in [-0.2, -0.15) is 5.10 Å². The highest BCUT2D eigenvalue weighted by molar-refractivity contribution is 9.09. The predicted octanol–water partition coefficient (Wildman–Crippen LogP) is 2.46. The summed E-state index contributed by atoms with van der Waals surface area (Å²) in [4.78, 5) is 14.4. The molecule has 0 radical (unpaired) electrons. The number of carbonyl (C=O) groups excluding carboxylic acids is 1. The number of likely N-dealkylation sites (tertiary alicyclic amines) is 1. The number of amides is 1. The number of aryl methyl sites for hydroxylation is 2. The second-order valence-electron chi connectivity index (χ2n) is 4.87. The third kappa shape index (κ3) is 2.76. The summed E-state index contributed by atoms with van der Waals surface area (Å²) in [6, 6.07) is 1.89. The minimum atomic E-state index is 0.134. The Morgan fingerprint density at radius 2 is 2.39 bits per heavy atom. The summed E-state index contributed by atoms with van der Waals surface area (Å²) in [5, 5.41) is 5.36. The van der Waals surface area contributed by atoms with Gasteiger partial charge in [-0.1, -0.05) is 15.9 Å². The van der Waals surface area contributed by atoms with E-state index >= 15 is 0 Å². The van der Waals surface area contributed by atoms with Gasteiger partial charge in [-0.25, -0.2) is 0 Å². The average Bonchev–Trinajstić information content (AvgIpc) is 2.95. The summed E-state index contributed by atoms with van der Waals surface area (Å²) in [6.07, 6.45) is 2.27. The van der Waals surface area contributed by atoms with Gasteiger partial charge in [0, 0.05) is 25.0 Å². The van der Waals surface area contributed by atoms with Gasteiger partial charge in [-0.3, -0.25) is 9.48 Å². The predicted molar refractivity (Wildman–Crippen MR) is 75.1 cm³/mol. The third-order valence-corrected chi connectivity index (χ3v) is 3.97. The van der Waals surface area contributed by atoms with Gasteiger partial charge < -0.3 is 4.90 Å². The third-order valence-electron chi connectivity index (χ3n) is 3.51. The largest absolute Gasteiger partial charge is 0.337 e. The molecule has 0 bridgehead atoms. The molecule has 1 aromatic rings. The zero-order valence-electron chi connectivity index (χ0n) is 11.0. The molecule has 0 N–H and O–H groups in total. The maximum Gasteiger partial charge on any atom is 0.272 e. The fourth-order valence-corrected chi connectivity index (χ4v) is 3.18. The molecule has 1 aromatic heterocycles. The highest BCUT2D eigenvalue weighted by atomic mass is 79.9. The van der Waals surface area contributed by atoms with E-state index in [1.165, 1.54) is 0 Å². The van der Waals surface area contributed by atoms with E-state index in [9.17, 15) is 4.79 Å². The molecule has 4 nitrogen and oxygen atoms in total. The SMILES string of the molecule is CCn1nc(C)cc1C(=O)N1CCC(CCBr)C1. The monoisotopic (exact) mass is 313 g/mol. The number of aromatic nitrogens is 2. The minimum Gasteiger partial charge on any atom is -0.337 e. The van der Waals surface area contributed by atoms with E-state index in [0.717, 1.165) is 49.2 Å². The molecular weight excluding hydrogens is 294 g/mol. The van der Waals surface area contributed by atoms with Gasteiger partial charge in [-0.15, -0.1) is 0 Å². The van der Waals surface area contributed by atoms with Crippen molar-refractivity contribution < 1.29 is 4.79 Å². The van der Waals surface area contributed by atoms with Gasteiger partial charge in [0.05, 0.1) is 5.69 Å². The zero-order valence-corrected chi connectivity index (χ0v) is 12.6. The van der Waals surface area contributed by atoms with Crippen LogP contribution in [0.25, 0.3) is 0 Å². The molecule has 2 heterocycles. The van der Waals surface area contributed by atoms with Crippen LogP contribution >= 0.6 is 15.9 Å². The maximum absolute atomic E-state index is 12.4. The smallest absolute Gasteiger partial charge is 0.272 e. The molecule has 1 aliphatic rings. The van der Waals surface area contributed by atoms with Crippen molar-refractivity contribution in [1.82, 2.24) is 14.7 Å². The quantitative estimate of drug-likeness (QED) is 0.801. The first-order chi connectivity index (χ1) is 8.65. The molecule has 1 unspecified atom stereocenters. The Bertz CT molecular complexity index is 430. The molecule has 18 heavy (non-hydrogen) atoms. The first-order valence-electron chi connectivity index (χ1n) is 6.55. The molecular formula is C13H20BrN3O. The lowest BCUT2D eigenvalue weighted by atomic mass is 10.1. The average molecular weight is 314 g/mol. The van der Waals surface area contributed by atoms with Crippen molar-refractivity contribution in [1.29, 1.82) is 0 Å². The molecule has 1 amide bonds. The van der Waals surface area contributed by atoms with Crippen molar-refractivity contribution in [2.45, 2.75) is 33.2 Å². The molecule has 5 heteroatoms. The Kier molecular flexibility index (Phi) is 4.43. The van der Waals surface area contributed by atoms with Crippen LogP contribution in [0.1, 0.15) is 35.9 Å². The van der Waals surface area contributed by atoms with Crippen molar-refractivity contribution in [3.05, 3.63) is 17.5 Å². The Hall–Kier alpha value is -0.840. The van der Waals surface area contributed by atoms with Crippen LogP contribution in [0.4, 0.5) is 0 Å². The van der Waals surface area contributed by atoms with Crippen LogP contribution in [0.5, 0.6) is 0 Å². The van der Waals surface area contributed by atoms with Crippen molar-refractivity contribution in [3.63, 3.8) is 0 Å². The van der Waals surface area contributed by atoms with Gasteiger partial charge in [0.15, 0.2) is 0 Å². The number of halogens is 1. The van der Waals surface area contributed by atoms with Crippen LogP contribution in [-0.2, 0) is 6.54 Å². The lowest BCUT2D eigenvalue weighted by Crippen LogP contribution is -2.30. The standard InChI is InChI=1S/C13H20BrN3O/c1-3-17-12(8-10(2)15-17)13(18)16-7-5-11(9-16)4-6-14/h8,11H,3-7,9H2,1-2H3. The van der Waals surface area contributed by atoms with E-state index in [-0.39, 0.29) is 5.91 Å². The van der Waals surface area contributed by atoms with Crippen molar-refractivity contribution in [2.24, 2.45) is 5.92 Å². The molecule has 1 atom stereocenters. The molecule has 0 aromatic carbocycles. The molecule has 1 saturated heterocycles. The number of alkyl halides is 1. The normalized spacial score (nSPS) is 19.5. The number of rotatable bonds is 4. The van der Waals surface area contributed by atoms with Crippen molar-refractivity contribution in [3.8, 4) is 0 Å². The van der Waals surface area contributed by atoms with Gasteiger partial charge >= 0.3 is 0 Å². The summed E-state index contributed by atoms with van der Waals surface area (Å²) in [5.41, 5.74) is 1.64. The number of hydrogen-bond donors (Lipinski definition) is 0. The van der Waals surface area contributed by atoms with E-state index < -0.39 is 0 Å². The van der Waals surface area contributed by atoms with Crippen LogP contribution < -0.4 is 0 Å². The van der Waals surface area contributed by atoms with E-state index in [0.29, 0.717) is 5.92 Å². The first kappa shape index (κ1) is 13.6. The number of carbonyl (C=O) groups is 1. The topological polar surface area (TPSA) is 38.1 Å². The summed E-state index contributed by atoms with van der Waals surface area (Å²) in [5.74, 6) is 0.780. The summed E-state index contributed by atoms with van der Waals surface area (Å²) in [6.45, 7) is 6.46. The number of nitrogens with zero attached hydrogens (tertiary/aromatic N) is 3. The first-order valence-corrected chi connectivity index (χ1v) is 7.67. The molecule has 0 saturated carbocycles. The van der Waals surface area contributed by atoms with Crippen LogP contribution in [0.15, 0.2) is 6.07 Å². The van der Waals surface area contributed by atoms with E-state index in [2.05, 4.69) is 21.0 Å². The summed E-state index contributed by atoms with van der Waals surface area (Å²) >= 11 is 3.47.